The van der Waals surface area contributed by atoms with E-state index in [2.05, 4.69) is 12.6 Å². The summed E-state index contributed by atoms with van der Waals surface area (Å²) in [5, 5.41) is 8.28. The molecular weight excluding hydrogens is 168 g/mol. The molecule has 1 nitrogen and oxygen atoms in total. The van der Waals surface area contributed by atoms with Gasteiger partial charge in [-0.25, -0.2) is 8.78 Å². The van der Waals surface area contributed by atoms with Crippen molar-refractivity contribution >= 4 is 12.6 Å². The number of hydrogen-bond donors (Lipinski definition) is 1. The molecule has 1 rings (SSSR count). The number of rotatable bonds is 0. The van der Waals surface area contributed by atoms with Crippen molar-refractivity contribution in [3.05, 3.63) is 29.3 Å². The lowest BCUT2D eigenvalue weighted by Gasteiger charge is -1.95. The first kappa shape index (κ1) is 8.02. The fourth-order valence-electron chi connectivity index (χ4n) is 0.656. The third-order valence-electron chi connectivity index (χ3n) is 1.13. The Morgan fingerprint density at radius 3 is 2.55 bits per heavy atom. The van der Waals surface area contributed by atoms with Gasteiger partial charge >= 0.3 is 0 Å². The second-order valence-electron chi connectivity index (χ2n) is 1.90. The molecule has 0 unspecified atom stereocenters. The van der Waals surface area contributed by atoms with E-state index in [0.29, 0.717) is 0 Å². The molecule has 0 aromatic heterocycles. The Morgan fingerprint density at radius 2 is 2.00 bits per heavy atom. The standard InChI is InChI=1S/C7H3F2NS/c8-6-2-5(11)1-4(3-10)7(6)9/h1-2,11H. The number of thiol groups is 1. The van der Waals surface area contributed by atoms with Gasteiger partial charge in [-0.15, -0.1) is 12.6 Å². The van der Waals surface area contributed by atoms with E-state index in [0.717, 1.165) is 6.07 Å². The van der Waals surface area contributed by atoms with Gasteiger partial charge < -0.3 is 0 Å². The van der Waals surface area contributed by atoms with E-state index in [1.807, 2.05) is 0 Å². The second kappa shape index (κ2) is 2.89. The largest absolute Gasteiger partial charge is 0.204 e. The molecule has 0 aliphatic rings. The lowest BCUT2D eigenvalue weighted by molar-refractivity contribution is 0.503. The summed E-state index contributed by atoms with van der Waals surface area (Å²) in [6.07, 6.45) is 0. The van der Waals surface area contributed by atoms with Crippen LogP contribution in [0.4, 0.5) is 8.78 Å². The Kier molecular flexibility index (Phi) is 2.11. The first-order valence-electron chi connectivity index (χ1n) is 2.73. The molecule has 0 saturated heterocycles. The highest BCUT2D eigenvalue weighted by Gasteiger charge is 2.07. The average molecular weight is 171 g/mol. The molecule has 0 saturated carbocycles. The van der Waals surface area contributed by atoms with E-state index in [1.165, 1.54) is 12.1 Å². The SMILES string of the molecule is N#Cc1cc(S)cc(F)c1F. The monoisotopic (exact) mass is 171 g/mol. The molecule has 1 aromatic rings. The van der Waals surface area contributed by atoms with Gasteiger partial charge in [0.15, 0.2) is 11.6 Å². The smallest absolute Gasteiger partial charge is 0.176 e. The minimum absolute atomic E-state index is 0.237. The summed E-state index contributed by atoms with van der Waals surface area (Å²) in [7, 11) is 0. The summed E-state index contributed by atoms with van der Waals surface area (Å²) >= 11 is 3.77. The van der Waals surface area contributed by atoms with Crippen LogP contribution in [0.2, 0.25) is 0 Å². The van der Waals surface area contributed by atoms with E-state index < -0.39 is 11.6 Å². The highest BCUT2D eigenvalue weighted by atomic mass is 32.1. The van der Waals surface area contributed by atoms with E-state index in [1.54, 1.807) is 0 Å². The number of nitrogens with zero attached hydrogens (tertiary/aromatic N) is 1. The van der Waals surface area contributed by atoms with Crippen LogP contribution in [0.1, 0.15) is 5.56 Å². The van der Waals surface area contributed by atoms with Crippen LogP contribution in [0.25, 0.3) is 0 Å². The highest BCUT2D eigenvalue weighted by molar-refractivity contribution is 7.80. The molecule has 0 atom stereocenters. The van der Waals surface area contributed by atoms with Gasteiger partial charge in [-0.3, -0.25) is 0 Å². The van der Waals surface area contributed by atoms with Crippen molar-refractivity contribution in [2.75, 3.05) is 0 Å². The number of benzene rings is 1. The summed E-state index contributed by atoms with van der Waals surface area (Å²) in [5.74, 6) is -2.17. The molecule has 1 aromatic carbocycles. The van der Waals surface area contributed by atoms with Crippen molar-refractivity contribution < 1.29 is 8.78 Å². The minimum Gasteiger partial charge on any atom is -0.204 e. The summed E-state index contributed by atoms with van der Waals surface area (Å²) in [6, 6.07) is 3.60. The van der Waals surface area contributed by atoms with Gasteiger partial charge in [-0.1, -0.05) is 0 Å². The molecule has 0 spiro atoms. The van der Waals surface area contributed by atoms with Gasteiger partial charge in [0.1, 0.15) is 6.07 Å². The van der Waals surface area contributed by atoms with Gasteiger partial charge in [0.2, 0.25) is 0 Å². The highest BCUT2D eigenvalue weighted by Crippen LogP contribution is 2.16. The van der Waals surface area contributed by atoms with Crippen LogP contribution in [-0.2, 0) is 0 Å². The van der Waals surface area contributed by atoms with Crippen molar-refractivity contribution in [1.29, 1.82) is 5.26 Å². The normalized spacial score (nSPS) is 9.27. The predicted molar refractivity (Wildman–Crippen MR) is 38.3 cm³/mol. The molecule has 4 heteroatoms. The van der Waals surface area contributed by atoms with Crippen LogP contribution in [0.3, 0.4) is 0 Å². The lowest BCUT2D eigenvalue weighted by atomic mass is 10.2. The molecule has 0 fully saturated rings. The third-order valence-corrected chi connectivity index (χ3v) is 1.39. The van der Waals surface area contributed by atoms with Crippen molar-refractivity contribution in [3.63, 3.8) is 0 Å². The van der Waals surface area contributed by atoms with E-state index in [9.17, 15) is 8.78 Å². The zero-order valence-electron chi connectivity index (χ0n) is 5.31. The molecule has 0 aliphatic heterocycles. The van der Waals surface area contributed by atoms with Crippen molar-refractivity contribution in [2.45, 2.75) is 4.90 Å². The van der Waals surface area contributed by atoms with Crippen LogP contribution in [0, 0.1) is 23.0 Å². The second-order valence-corrected chi connectivity index (χ2v) is 2.42. The summed E-state index contributed by atoms with van der Waals surface area (Å²) < 4.78 is 25.0. The van der Waals surface area contributed by atoms with Crippen molar-refractivity contribution in [1.82, 2.24) is 0 Å². The molecule has 0 bridgehead atoms. The van der Waals surface area contributed by atoms with E-state index in [4.69, 9.17) is 5.26 Å². The van der Waals surface area contributed by atoms with Gasteiger partial charge in [-0.05, 0) is 12.1 Å². The zero-order chi connectivity index (χ0) is 8.43. The van der Waals surface area contributed by atoms with Crippen LogP contribution in [0.5, 0.6) is 0 Å². The third kappa shape index (κ3) is 1.49. The molecule has 11 heavy (non-hydrogen) atoms. The van der Waals surface area contributed by atoms with Crippen LogP contribution < -0.4 is 0 Å². The van der Waals surface area contributed by atoms with Crippen molar-refractivity contribution in [2.24, 2.45) is 0 Å². The van der Waals surface area contributed by atoms with Gasteiger partial charge in [0, 0.05) is 4.90 Å². The maximum absolute atomic E-state index is 12.6. The zero-order valence-corrected chi connectivity index (χ0v) is 6.20. The fourth-order valence-corrected chi connectivity index (χ4v) is 0.899. The Morgan fingerprint density at radius 1 is 1.36 bits per heavy atom. The fraction of sp³-hybridized carbons (Fsp3) is 0. The maximum atomic E-state index is 12.6. The Balaban J connectivity index is 3.39. The van der Waals surface area contributed by atoms with Gasteiger partial charge in [0.05, 0.1) is 5.56 Å². The van der Waals surface area contributed by atoms with Crippen LogP contribution >= 0.6 is 12.6 Å². The molecule has 0 aliphatic carbocycles. The number of halogens is 2. The predicted octanol–water partition coefficient (Wildman–Crippen LogP) is 2.13. The molecule has 0 heterocycles. The van der Waals surface area contributed by atoms with E-state index in [-0.39, 0.29) is 10.5 Å². The number of hydrogen-bond acceptors (Lipinski definition) is 2. The topological polar surface area (TPSA) is 23.8 Å². The molecular formula is C7H3F2NS. The summed E-state index contributed by atoms with van der Waals surface area (Å²) in [4.78, 5) is 0.237. The first-order chi connectivity index (χ1) is 5.15. The molecule has 0 radical (unpaired) electrons. The Hall–Kier alpha value is -1.08. The first-order valence-corrected chi connectivity index (χ1v) is 3.18. The average Bonchev–Trinajstić information content (AvgIpc) is 1.96. The van der Waals surface area contributed by atoms with Gasteiger partial charge in [-0.2, -0.15) is 5.26 Å². The molecule has 0 amide bonds. The Labute approximate surface area is 67.7 Å². The maximum Gasteiger partial charge on any atom is 0.176 e. The quantitative estimate of drug-likeness (QED) is 0.594. The van der Waals surface area contributed by atoms with Gasteiger partial charge in [0.25, 0.3) is 0 Å². The van der Waals surface area contributed by atoms with E-state index >= 15 is 0 Å². The van der Waals surface area contributed by atoms with Crippen LogP contribution in [-0.4, -0.2) is 0 Å². The lowest BCUT2D eigenvalue weighted by Crippen LogP contribution is -1.89. The number of nitriles is 1. The minimum atomic E-state index is -1.12. The summed E-state index contributed by atoms with van der Waals surface area (Å²) in [5.41, 5.74) is -0.324. The summed E-state index contributed by atoms with van der Waals surface area (Å²) in [6.45, 7) is 0. The molecule has 56 valence electrons. The Bertz CT molecular complexity index is 330. The molecule has 0 N–H and O–H groups in total. The van der Waals surface area contributed by atoms with Crippen LogP contribution in [0.15, 0.2) is 17.0 Å². The van der Waals surface area contributed by atoms with Crippen molar-refractivity contribution in [3.8, 4) is 6.07 Å².